The van der Waals surface area contributed by atoms with Gasteiger partial charge in [0.05, 0.1) is 12.5 Å². The van der Waals surface area contributed by atoms with Crippen LogP contribution in [-0.2, 0) is 19.7 Å². The fourth-order valence-corrected chi connectivity index (χ4v) is 3.45. The van der Waals surface area contributed by atoms with Crippen molar-refractivity contribution in [2.45, 2.75) is 33.6 Å². The van der Waals surface area contributed by atoms with Gasteiger partial charge in [0.1, 0.15) is 0 Å². The lowest BCUT2D eigenvalue weighted by Gasteiger charge is -2.30. The molecule has 1 saturated heterocycles. The first-order valence-corrected chi connectivity index (χ1v) is 8.22. The number of piperidine rings is 1. The molecule has 0 aromatic heterocycles. The molecule has 19 heavy (non-hydrogen) atoms. The zero-order chi connectivity index (χ0) is 14.5. The quantitative estimate of drug-likeness (QED) is 0.733. The van der Waals surface area contributed by atoms with E-state index in [2.05, 4.69) is 4.72 Å². The maximum atomic E-state index is 12.1. The third-order valence-corrected chi connectivity index (χ3v) is 4.56. The smallest absolute Gasteiger partial charge is 0.310 e. The third-order valence-electron chi connectivity index (χ3n) is 3.02. The van der Waals surface area contributed by atoms with Crippen LogP contribution in [0.15, 0.2) is 0 Å². The molecule has 0 aromatic carbocycles. The zero-order valence-electron chi connectivity index (χ0n) is 11.9. The molecular weight excluding hydrogens is 268 g/mol. The number of carbonyl (C=O) groups is 1. The average molecular weight is 292 g/mol. The molecule has 0 radical (unpaired) electrons. The van der Waals surface area contributed by atoms with Gasteiger partial charge in [-0.3, -0.25) is 4.79 Å². The molecule has 0 bridgehead atoms. The summed E-state index contributed by atoms with van der Waals surface area (Å²) in [4.78, 5) is 11.7. The van der Waals surface area contributed by atoms with E-state index in [1.54, 1.807) is 6.92 Å². The first-order valence-electron chi connectivity index (χ1n) is 6.78. The van der Waals surface area contributed by atoms with Crippen molar-refractivity contribution in [1.29, 1.82) is 0 Å². The van der Waals surface area contributed by atoms with Crippen LogP contribution in [0.3, 0.4) is 0 Å². The number of hydrogen-bond donors (Lipinski definition) is 1. The van der Waals surface area contributed by atoms with Gasteiger partial charge in [-0.15, -0.1) is 0 Å². The predicted octanol–water partition coefficient (Wildman–Crippen LogP) is 0.752. The molecule has 6 nitrogen and oxygen atoms in total. The first kappa shape index (κ1) is 16.4. The molecule has 1 aliphatic heterocycles. The lowest BCUT2D eigenvalue weighted by atomic mass is 10.0. The highest BCUT2D eigenvalue weighted by Gasteiger charge is 2.32. The minimum atomic E-state index is -3.48. The molecule has 0 aromatic rings. The SMILES string of the molecule is CCOC(=O)[C@H]1CCCN(S(=O)(=O)NCC(C)C)C1. The molecule has 1 fully saturated rings. The van der Waals surface area contributed by atoms with Crippen molar-refractivity contribution >= 4 is 16.2 Å². The summed E-state index contributed by atoms with van der Waals surface area (Å²) in [6.07, 6.45) is 1.38. The molecule has 1 atom stereocenters. The third kappa shape index (κ3) is 5.08. The Kier molecular flexibility index (Phi) is 6.22. The average Bonchev–Trinajstić information content (AvgIpc) is 2.37. The second-order valence-electron chi connectivity index (χ2n) is 5.20. The Morgan fingerprint density at radius 2 is 2.16 bits per heavy atom. The van der Waals surface area contributed by atoms with Crippen LogP contribution >= 0.6 is 0 Å². The summed E-state index contributed by atoms with van der Waals surface area (Å²) in [5, 5.41) is 0. The number of carbonyl (C=O) groups excluding carboxylic acids is 1. The Bertz CT molecular complexity index is 395. The minimum Gasteiger partial charge on any atom is -0.466 e. The molecule has 0 saturated carbocycles. The molecule has 1 heterocycles. The Balaban J connectivity index is 2.60. The monoisotopic (exact) mass is 292 g/mol. The van der Waals surface area contributed by atoms with Gasteiger partial charge in [0.15, 0.2) is 0 Å². The van der Waals surface area contributed by atoms with E-state index in [0.29, 0.717) is 32.5 Å². The Morgan fingerprint density at radius 3 is 2.74 bits per heavy atom. The van der Waals surface area contributed by atoms with Crippen LogP contribution in [0.5, 0.6) is 0 Å². The maximum absolute atomic E-state index is 12.1. The van der Waals surface area contributed by atoms with Crippen LogP contribution in [0.25, 0.3) is 0 Å². The van der Waals surface area contributed by atoms with E-state index < -0.39 is 10.2 Å². The van der Waals surface area contributed by atoms with Crippen molar-refractivity contribution in [1.82, 2.24) is 9.03 Å². The summed E-state index contributed by atoms with van der Waals surface area (Å²) in [7, 11) is -3.48. The van der Waals surface area contributed by atoms with Gasteiger partial charge in [-0.2, -0.15) is 12.7 Å². The summed E-state index contributed by atoms with van der Waals surface area (Å²) in [5.41, 5.74) is 0. The molecule has 0 spiro atoms. The molecule has 1 N–H and O–H groups in total. The molecule has 0 aliphatic carbocycles. The topological polar surface area (TPSA) is 75.7 Å². The molecule has 0 amide bonds. The lowest BCUT2D eigenvalue weighted by Crippen LogP contribution is -2.48. The second-order valence-corrected chi connectivity index (χ2v) is 6.95. The van der Waals surface area contributed by atoms with Crippen LogP contribution in [-0.4, -0.2) is 44.9 Å². The number of nitrogens with one attached hydrogen (secondary N) is 1. The van der Waals surface area contributed by atoms with Crippen molar-refractivity contribution in [3.8, 4) is 0 Å². The molecule has 0 unspecified atom stereocenters. The van der Waals surface area contributed by atoms with Crippen molar-refractivity contribution in [3.63, 3.8) is 0 Å². The van der Waals surface area contributed by atoms with Crippen LogP contribution in [0.2, 0.25) is 0 Å². The van der Waals surface area contributed by atoms with Crippen molar-refractivity contribution in [2.24, 2.45) is 11.8 Å². The second kappa shape index (κ2) is 7.21. The molecule has 1 aliphatic rings. The maximum Gasteiger partial charge on any atom is 0.310 e. The fourth-order valence-electron chi connectivity index (χ4n) is 1.98. The van der Waals surface area contributed by atoms with Crippen molar-refractivity contribution in [2.75, 3.05) is 26.2 Å². The summed E-state index contributed by atoms with van der Waals surface area (Å²) in [6.45, 7) is 7.05. The van der Waals surface area contributed by atoms with Gasteiger partial charge in [-0.1, -0.05) is 13.8 Å². The van der Waals surface area contributed by atoms with Gasteiger partial charge in [0.2, 0.25) is 0 Å². The van der Waals surface area contributed by atoms with Crippen molar-refractivity contribution < 1.29 is 17.9 Å². The van der Waals surface area contributed by atoms with Gasteiger partial charge in [-0.05, 0) is 25.7 Å². The van der Waals surface area contributed by atoms with Crippen molar-refractivity contribution in [3.05, 3.63) is 0 Å². The first-order chi connectivity index (χ1) is 8.86. The van der Waals surface area contributed by atoms with Gasteiger partial charge in [0, 0.05) is 19.6 Å². The Morgan fingerprint density at radius 1 is 1.47 bits per heavy atom. The number of rotatable bonds is 6. The summed E-state index contributed by atoms with van der Waals surface area (Å²) in [6, 6.07) is 0. The van der Waals surface area contributed by atoms with Gasteiger partial charge in [0.25, 0.3) is 10.2 Å². The molecule has 112 valence electrons. The molecule has 1 rings (SSSR count). The number of ether oxygens (including phenoxy) is 1. The highest BCUT2D eigenvalue weighted by atomic mass is 32.2. The highest BCUT2D eigenvalue weighted by Crippen LogP contribution is 2.19. The molecule has 7 heteroatoms. The number of nitrogens with zero attached hydrogens (tertiary/aromatic N) is 1. The van der Waals surface area contributed by atoms with Crippen LogP contribution in [0.4, 0.5) is 0 Å². The highest BCUT2D eigenvalue weighted by molar-refractivity contribution is 7.87. The van der Waals surface area contributed by atoms with Crippen LogP contribution < -0.4 is 4.72 Å². The van der Waals surface area contributed by atoms with E-state index >= 15 is 0 Å². The minimum absolute atomic E-state index is 0.215. The standard InChI is InChI=1S/C12H24N2O4S/c1-4-18-12(15)11-6-5-7-14(9-11)19(16,17)13-8-10(2)3/h10-11,13H,4-9H2,1-3H3/t11-/m0/s1. The Labute approximate surface area is 115 Å². The van der Waals surface area contributed by atoms with E-state index in [1.807, 2.05) is 13.8 Å². The van der Waals surface area contributed by atoms with Crippen LogP contribution in [0.1, 0.15) is 33.6 Å². The van der Waals surface area contributed by atoms with Gasteiger partial charge in [-0.25, -0.2) is 4.72 Å². The van der Waals surface area contributed by atoms with E-state index in [9.17, 15) is 13.2 Å². The van der Waals surface area contributed by atoms with Gasteiger partial charge >= 0.3 is 5.97 Å². The summed E-state index contributed by atoms with van der Waals surface area (Å²) in [5.74, 6) is -0.393. The largest absolute Gasteiger partial charge is 0.466 e. The van der Waals surface area contributed by atoms with E-state index in [1.165, 1.54) is 4.31 Å². The summed E-state index contributed by atoms with van der Waals surface area (Å²) >= 11 is 0. The Hall–Kier alpha value is -0.660. The number of esters is 1. The predicted molar refractivity (Wildman–Crippen MR) is 72.7 cm³/mol. The summed E-state index contributed by atoms with van der Waals surface area (Å²) < 4.78 is 33.0. The zero-order valence-corrected chi connectivity index (χ0v) is 12.7. The normalized spacial score (nSPS) is 21.6. The van der Waals surface area contributed by atoms with Crippen LogP contribution in [0, 0.1) is 11.8 Å². The van der Waals surface area contributed by atoms with Gasteiger partial charge < -0.3 is 4.74 Å². The van der Waals surface area contributed by atoms with E-state index in [4.69, 9.17) is 4.74 Å². The lowest BCUT2D eigenvalue weighted by molar-refractivity contribution is -0.149. The van der Waals surface area contributed by atoms with E-state index in [-0.39, 0.29) is 24.3 Å². The fraction of sp³-hybridized carbons (Fsp3) is 0.917. The van der Waals surface area contributed by atoms with E-state index in [0.717, 1.165) is 0 Å². The molecular formula is C12H24N2O4S. The number of hydrogen-bond acceptors (Lipinski definition) is 4.